The van der Waals surface area contributed by atoms with Crippen molar-refractivity contribution in [3.8, 4) is 11.5 Å². The van der Waals surface area contributed by atoms with Gasteiger partial charge in [0.25, 0.3) is 0 Å². The zero-order valence-electron chi connectivity index (χ0n) is 12.3. The number of hydrogen-bond donors (Lipinski definition) is 0. The summed E-state index contributed by atoms with van der Waals surface area (Å²) in [4.78, 5) is 11.8. The van der Waals surface area contributed by atoms with E-state index in [4.69, 9.17) is 9.47 Å². The Morgan fingerprint density at radius 3 is 2.43 bits per heavy atom. The Bertz CT molecular complexity index is 603. The van der Waals surface area contributed by atoms with Gasteiger partial charge in [0.2, 0.25) is 6.79 Å². The zero-order chi connectivity index (χ0) is 17.4. The second-order valence-electron chi connectivity index (χ2n) is 5.23. The summed E-state index contributed by atoms with van der Waals surface area (Å²) in [7, 11) is 0.916. The highest BCUT2D eigenvalue weighted by Gasteiger charge is 2.64. The molecule has 0 radical (unpaired) electrons. The van der Waals surface area contributed by atoms with Gasteiger partial charge in [-0.2, -0.15) is 22.0 Å². The van der Waals surface area contributed by atoms with Crippen LogP contribution in [0, 0.1) is 0 Å². The maximum absolute atomic E-state index is 13.1. The van der Waals surface area contributed by atoms with Gasteiger partial charge in [0.1, 0.15) is 0 Å². The highest BCUT2D eigenvalue weighted by atomic mass is 19.4. The van der Waals surface area contributed by atoms with E-state index >= 15 is 0 Å². The van der Waals surface area contributed by atoms with Crippen molar-refractivity contribution >= 4 is 5.91 Å². The smallest absolute Gasteiger partial charge is 0.454 e. The highest BCUT2D eigenvalue weighted by molar-refractivity contribution is 5.84. The minimum absolute atomic E-state index is 0.0601. The molecule has 0 saturated carbocycles. The largest absolute Gasteiger partial charge is 0.463 e. The van der Waals surface area contributed by atoms with Crippen molar-refractivity contribution in [2.45, 2.75) is 31.5 Å². The van der Waals surface area contributed by atoms with Gasteiger partial charge in [-0.1, -0.05) is 6.07 Å². The lowest BCUT2D eigenvalue weighted by molar-refractivity contribution is -0.274. The van der Waals surface area contributed by atoms with Crippen LogP contribution in [0.1, 0.15) is 12.5 Å². The van der Waals surface area contributed by atoms with Gasteiger partial charge in [-0.05, 0) is 31.0 Å². The molecule has 128 valence electrons. The van der Waals surface area contributed by atoms with Crippen molar-refractivity contribution in [2.24, 2.45) is 0 Å². The second kappa shape index (κ2) is 5.86. The third-order valence-electron chi connectivity index (χ3n) is 3.57. The minimum atomic E-state index is -5.92. The average molecular weight is 339 g/mol. The molecule has 1 aliphatic rings. The fourth-order valence-corrected chi connectivity index (χ4v) is 2.09. The molecule has 0 aliphatic carbocycles. The number of likely N-dealkylation sites (N-methyl/N-ethyl adjacent to an activating group) is 1. The lowest BCUT2D eigenvalue weighted by atomic mass is 10.0. The lowest BCUT2D eigenvalue weighted by Gasteiger charge is -2.29. The highest BCUT2D eigenvalue weighted by Crippen LogP contribution is 2.37. The fraction of sp³-hybridized carbons (Fsp3) is 0.500. The van der Waals surface area contributed by atoms with Gasteiger partial charge in [0.15, 0.2) is 11.5 Å². The minimum Gasteiger partial charge on any atom is -0.454 e. The summed E-state index contributed by atoms with van der Waals surface area (Å²) in [6, 6.07) is 3.97. The number of carbonyl (C=O) groups is 1. The predicted molar refractivity (Wildman–Crippen MR) is 69.5 cm³/mol. The molecule has 1 heterocycles. The van der Waals surface area contributed by atoms with Crippen molar-refractivity contribution in [3.05, 3.63) is 23.8 Å². The number of fused-ring (bicyclic) bond motifs is 1. The number of nitrogens with zero attached hydrogens (tertiary/aromatic N) is 1. The number of rotatable bonds is 4. The first kappa shape index (κ1) is 17.3. The van der Waals surface area contributed by atoms with E-state index in [-0.39, 0.29) is 13.2 Å². The molecule has 0 fully saturated rings. The second-order valence-corrected chi connectivity index (χ2v) is 5.23. The Morgan fingerprint density at radius 1 is 1.22 bits per heavy atom. The number of carbonyl (C=O) groups excluding carboxylic acids is 1. The van der Waals surface area contributed by atoms with Crippen LogP contribution >= 0.6 is 0 Å². The molecule has 0 N–H and O–H groups in total. The summed E-state index contributed by atoms with van der Waals surface area (Å²) >= 11 is 0. The van der Waals surface area contributed by atoms with E-state index in [9.17, 15) is 26.7 Å². The fourth-order valence-electron chi connectivity index (χ4n) is 2.09. The van der Waals surface area contributed by atoms with E-state index in [0.717, 1.165) is 7.05 Å². The molecule has 1 aromatic rings. The Hall–Kier alpha value is -2.06. The molecular formula is C14H14F5NO3. The number of hydrogen-bond acceptors (Lipinski definition) is 3. The summed E-state index contributed by atoms with van der Waals surface area (Å²) in [5.41, 5.74) is 0.622. The van der Waals surface area contributed by atoms with Gasteiger partial charge >= 0.3 is 18.0 Å². The Morgan fingerprint density at radius 2 is 1.83 bits per heavy atom. The lowest BCUT2D eigenvalue weighted by Crippen LogP contribution is -2.53. The van der Waals surface area contributed by atoms with Crippen LogP contribution in [0.3, 0.4) is 0 Å². The SMILES string of the molecule is CC(Cc1ccc2c(c1)OCO2)N(C)C(=O)C(F)(F)C(F)(F)F. The molecule has 1 aliphatic heterocycles. The summed E-state index contributed by atoms with van der Waals surface area (Å²) < 4.78 is 73.2. The van der Waals surface area contributed by atoms with Crippen molar-refractivity contribution in [1.29, 1.82) is 0 Å². The van der Waals surface area contributed by atoms with Crippen LogP contribution in [0.4, 0.5) is 22.0 Å². The van der Waals surface area contributed by atoms with E-state index in [1.54, 1.807) is 18.2 Å². The quantitative estimate of drug-likeness (QED) is 0.792. The van der Waals surface area contributed by atoms with Crippen molar-refractivity contribution in [2.75, 3.05) is 13.8 Å². The molecule has 0 aromatic heterocycles. The van der Waals surface area contributed by atoms with Gasteiger partial charge in [-0.15, -0.1) is 0 Å². The van der Waals surface area contributed by atoms with Gasteiger partial charge in [-0.25, -0.2) is 0 Å². The predicted octanol–water partition coefficient (Wildman–Crippen LogP) is 3.00. The molecule has 9 heteroatoms. The molecule has 0 saturated heterocycles. The van der Waals surface area contributed by atoms with Crippen molar-refractivity contribution in [3.63, 3.8) is 0 Å². The topological polar surface area (TPSA) is 38.8 Å². The molecule has 1 unspecified atom stereocenters. The summed E-state index contributed by atoms with van der Waals surface area (Å²) in [5.74, 6) is -6.71. The third-order valence-corrected chi connectivity index (χ3v) is 3.57. The molecule has 23 heavy (non-hydrogen) atoms. The van der Waals surface area contributed by atoms with E-state index in [1.165, 1.54) is 6.92 Å². The van der Waals surface area contributed by atoms with Gasteiger partial charge in [0.05, 0.1) is 0 Å². The molecule has 4 nitrogen and oxygen atoms in total. The molecule has 1 aromatic carbocycles. The van der Waals surface area contributed by atoms with Crippen LogP contribution in [0.25, 0.3) is 0 Å². The van der Waals surface area contributed by atoms with Gasteiger partial charge in [0, 0.05) is 13.1 Å². The summed E-state index contributed by atoms with van der Waals surface area (Å²) in [6.07, 6.45) is -5.83. The van der Waals surface area contributed by atoms with E-state index < -0.39 is 24.0 Å². The molecule has 2 rings (SSSR count). The van der Waals surface area contributed by atoms with Crippen LogP contribution in [0.5, 0.6) is 11.5 Å². The van der Waals surface area contributed by atoms with Gasteiger partial charge < -0.3 is 14.4 Å². The van der Waals surface area contributed by atoms with Crippen LogP contribution < -0.4 is 9.47 Å². The monoisotopic (exact) mass is 339 g/mol. The van der Waals surface area contributed by atoms with Crippen LogP contribution in [0.15, 0.2) is 18.2 Å². The number of amides is 1. The Labute approximate surface area is 128 Å². The van der Waals surface area contributed by atoms with Crippen molar-refractivity contribution in [1.82, 2.24) is 4.90 Å². The average Bonchev–Trinajstić information content (AvgIpc) is 2.91. The normalized spacial score (nSPS) is 15.4. The Balaban J connectivity index is 2.08. The molecule has 0 bridgehead atoms. The van der Waals surface area contributed by atoms with Gasteiger partial charge in [-0.3, -0.25) is 4.79 Å². The van der Waals surface area contributed by atoms with Crippen LogP contribution in [0.2, 0.25) is 0 Å². The van der Waals surface area contributed by atoms with E-state index in [1.807, 2.05) is 0 Å². The number of alkyl halides is 5. The number of benzene rings is 1. The third kappa shape index (κ3) is 3.32. The molecule has 1 amide bonds. The van der Waals surface area contributed by atoms with Crippen LogP contribution in [-0.4, -0.2) is 42.8 Å². The molecular weight excluding hydrogens is 325 g/mol. The summed E-state index contributed by atoms with van der Waals surface area (Å²) in [6.45, 7) is 1.44. The molecule has 0 spiro atoms. The Kier molecular flexibility index (Phi) is 4.41. The first-order valence-electron chi connectivity index (χ1n) is 6.64. The van der Waals surface area contributed by atoms with Crippen molar-refractivity contribution < 1.29 is 36.2 Å². The first-order chi connectivity index (χ1) is 10.5. The maximum atomic E-state index is 13.1. The van der Waals surface area contributed by atoms with Crippen LogP contribution in [-0.2, 0) is 11.2 Å². The summed E-state index contributed by atoms with van der Waals surface area (Å²) in [5, 5.41) is 0. The maximum Gasteiger partial charge on any atom is 0.463 e. The van der Waals surface area contributed by atoms with E-state index in [0.29, 0.717) is 22.0 Å². The standard InChI is InChI=1S/C14H14F5NO3/c1-8(20(2)12(21)13(15,16)14(17,18)19)5-9-3-4-10-11(6-9)23-7-22-10/h3-4,6,8H,5,7H2,1-2H3. The zero-order valence-corrected chi connectivity index (χ0v) is 12.3. The first-order valence-corrected chi connectivity index (χ1v) is 6.64. The number of ether oxygens (including phenoxy) is 2. The molecule has 1 atom stereocenters. The van der Waals surface area contributed by atoms with E-state index in [2.05, 4.69) is 0 Å². The number of halogens is 5.